The summed E-state index contributed by atoms with van der Waals surface area (Å²) in [5.41, 5.74) is 1.94. The minimum Gasteiger partial charge on any atom is -0.451 e. The first-order valence-corrected chi connectivity index (χ1v) is 10.0. The molecule has 1 amide bonds. The summed E-state index contributed by atoms with van der Waals surface area (Å²) in [4.78, 5) is 29.2. The molecule has 0 bridgehead atoms. The average molecular weight is 398 g/mol. The van der Waals surface area contributed by atoms with Gasteiger partial charge in [0.15, 0.2) is 6.61 Å². The molecule has 2 aromatic heterocycles. The fourth-order valence-corrected chi connectivity index (χ4v) is 4.68. The fraction of sp³-hybridized carbons (Fsp3) is 0.429. The van der Waals surface area contributed by atoms with Gasteiger partial charge in [-0.3, -0.25) is 4.79 Å². The summed E-state index contributed by atoms with van der Waals surface area (Å²) in [5, 5.41) is 12.9. The molecule has 0 radical (unpaired) electrons. The van der Waals surface area contributed by atoms with Crippen molar-refractivity contribution in [1.82, 2.24) is 4.98 Å². The van der Waals surface area contributed by atoms with Crippen LogP contribution >= 0.6 is 11.3 Å². The van der Waals surface area contributed by atoms with Gasteiger partial charge in [-0.1, -0.05) is 26.8 Å². The van der Waals surface area contributed by atoms with Gasteiger partial charge >= 0.3 is 5.97 Å². The lowest BCUT2D eigenvalue weighted by Crippen LogP contribution is -2.26. The van der Waals surface area contributed by atoms with Gasteiger partial charge in [0.05, 0.1) is 5.56 Å². The zero-order valence-electron chi connectivity index (χ0n) is 16.2. The minimum absolute atomic E-state index is 0.146. The summed E-state index contributed by atoms with van der Waals surface area (Å²) in [7, 11) is 0. The van der Waals surface area contributed by atoms with E-state index in [4.69, 9.17) is 4.74 Å². The van der Waals surface area contributed by atoms with Gasteiger partial charge in [0.2, 0.25) is 0 Å². The molecule has 28 heavy (non-hydrogen) atoms. The summed E-state index contributed by atoms with van der Waals surface area (Å²) in [6, 6.07) is 7.11. The molecule has 1 atom stereocenters. The second-order valence-electron chi connectivity index (χ2n) is 7.96. The minimum atomic E-state index is -0.658. The number of pyridine rings is 1. The predicted octanol–water partition coefficient (Wildman–Crippen LogP) is 3.96. The Bertz CT molecular complexity index is 923. The van der Waals surface area contributed by atoms with Gasteiger partial charge in [0.25, 0.3) is 5.91 Å². The molecular weight excluding hydrogens is 374 g/mol. The first-order chi connectivity index (χ1) is 13.3. The van der Waals surface area contributed by atoms with Crippen molar-refractivity contribution in [2.45, 2.75) is 40.0 Å². The number of aromatic nitrogens is 1. The number of amides is 1. The average Bonchev–Trinajstić information content (AvgIpc) is 3.02. The number of rotatable bonds is 4. The molecule has 1 aliphatic carbocycles. The lowest BCUT2D eigenvalue weighted by Gasteiger charge is -2.33. The van der Waals surface area contributed by atoms with Gasteiger partial charge in [-0.05, 0) is 48.3 Å². The number of anilines is 1. The van der Waals surface area contributed by atoms with E-state index in [-0.39, 0.29) is 11.1 Å². The van der Waals surface area contributed by atoms with E-state index in [0.717, 1.165) is 24.8 Å². The van der Waals surface area contributed by atoms with Crippen molar-refractivity contribution in [1.29, 1.82) is 5.26 Å². The molecule has 0 saturated carbocycles. The normalized spacial score (nSPS) is 16.0. The zero-order chi connectivity index (χ0) is 20.3. The van der Waals surface area contributed by atoms with Crippen LogP contribution in [0.4, 0.5) is 5.00 Å². The number of fused-ring (bicyclic) bond motifs is 1. The van der Waals surface area contributed by atoms with Crippen molar-refractivity contribution >= 4 is 28.2 Å². The summed E-state index contributed by atoms with van der Waals surface area (Å²) < 4.78 is 5.01. The highest BCUT2D eigenvalue weighted by molar-refractivity contribution is 7.16. The number of nitriles is 1. The van der Waals surface area contributed by atoms with E-state index in [1.807, 2.05) is 0 Å². The molecule has 0 aliphatic heterocycles. The molecule has 146 valence electrons. The van der Waals surface area contributed by atoms with E-state index in [9.17, 15) is 14.9 Å². The van der Waals surface area contributed by atoms with Crippen LogP contribution in [0.3, 0.4) is 0 Å². The maximum Gasteiger partial charge on any atom is 0.357 e. The van der Waals surface area contributed by atoms with E-state index in [0.29, 0.717) is 16.5 Å². The van der Waals surface area contributed by atoms with Gasteiger partial charge in [0, 0.05) is 11.1 Å². The molecule has 1 N–H and O–H groups in total. The molecule has 0 fully saturated rings. The van der Waals surface area contributed by atoms with Crippen LogP contribution in [0.15, 0.2) is 24.4 Å². The van der Waals surface area contributed by atoms with Crippen LogP contribution in [0, 0.1) is 22.7 Å². The molecule has 0 spiro atoms. The summed E-state index contributed by atoms with van der Waals surface area (Å²) in [5.74, 6) is -0.574. The number of hydrogen-bond acceptors (Lipinski definition) is 6. The van der Waals surface area contributed by atoms with Crippen molar-refractivity contribution < 1.29 is 14.3 Å². The molecule has 6 nitrogen and oxygen atoms in total. The number of carbonyl (C=O) groups is 2. The maximum absolute atomic E-state index is 12.2. The molecule has 3 rings (SSSR count). The topological polar surface area (TPSA) is 92.1 Å². The Labute approximate surface area is 168 Å². The van der Waals surface area contributed by atoms with E-state index in [1.165, 1.54) is 28.5 Å². The van der Waals surface area contributed by atoms with Gasteiger partial charge in [-0.25, -0.2) is 9.78 Å². The fourth-order valence-electron chi connectivity index (χ4n) is 3.38. The Morgan fingerprint density at radius 3 is 2.82 bits per heavy atom. The SMILES string of the molecule is CC(C)(C)[C@H]1CCc2c(sc(NC(=O)COC(=O)c3ccccn3)c2C#N)C1. The van der Waals surface area contributed by atoms with E-state index < -0.39 is 18.5 Å². The van der Waals surface area contributed by atoms with Gasteiger partial charge in [0.1, 0.15) is 16.8 Å². The number of thiophene rings is 1. The Kier molecular flexibility index (Phi) is 5.80. The van der Waals surface area contributed by atoms with Crippen LogP contribution in [0.25, 0.3) is 0 Å². The highest BCUT2D eigenvalue weighted by atomic mass is 32.1. The van der Waals surface area contributed by atoms with Gasteiger partial charge < -0.3 is 10.1 Å². The van der Waals surface area contributed by atoms with Crippen molar-refractivity contribution in [3.8, 4) is 6.07 Å². The van der Waals surface area contributed by atoms with Crippen LogP contribution in [-0.4, -0.2) is 23.5 Å². The Morgan fingerprint density at radius 2 is 2.18 bits per heavy atom. The number of nitrogens with one attached hydrogen (secondary N) is 1. The molecular formula is C21H23N3O3S. The summed E-state index contributed by atoms with van der Waals surface area (Å²) >= 11 is 1.46. The van der Waals surface area contributed by atoms with Crippen LogP contribution < -0.4 is 5.32 Å². The first-order valence-electron chi connectivity index (χ1n) is 9.22. The smallest absolute Gasteiger partial charge is 0.357 e. The number of ether oxygens (including phenoxy) is 1. The molecule has 0 unspecified atom stereocenters. The lowest BCUT2D eigenvalue weighted by molar-refractivity contribution is -0.119. The van der Waals surface area contributed by atoms with Crippen LogP contribution in [-0.2, 0) is 22.4 Å². The summed E-state index contributed by atoms with van der Waals surface area (Å²) in [6.45, 7) is 6.29. The van der Waals surface area contributed by atoms with Crippen LogP contribution in [0.5, 0.6) is 0 Å². The Balaban J connectivity index is 1.66. The third kappa shape index (κ3) is 4.39. The second-order valence-corrected chi connectivity index (χ2v) is 9.07. The first kappa shape index (κ1) is 20.0. The molecule has 0 saturated heterocycles. The second kappa shape index (κ2) is 8.11. The predicted molar refractivity (Wildman–Crippen MR) is 107 cm³/mol. The van der Waals surface area contributed by atoms with Crippen molar-refractivity contribution in [3.05, 3.63) is 46.1 Å². The number of esters is 1. The van der Waals surface area contributed by atoms with E-state index in [2.05, 4.69) is 37.1 Å². The quantitative estimate of drug-likeness (QED) is 0.789. The van der Waals surface area contributed by atoms with Crippen molar-refractivity contribution in [3.63, 3.8) is 0 Å². The third-order valence-electron chi connectivity index (χ3n) is 5.06. The van der Waals surface area contributed by atoms with Gasteiger partial charge in [-0.2, -0.15) is 5.26 Å². The highest BCUT2D eigenvalue weighted by Gasteiger charge is 2.32. The molecule has 2 heterocycles. The maximum atomic E-state index is 12.2. The van der Waals surface area contributed by atoms with Crippen molar-refractivity contribution in [2.24, 2.45) is 11.3 Å². The molecule has 1 aliphatic rings. The lowest BCUT2D eigenvalue weighted by atomic mass is 9.72. The molecule has 0 aromatic carbocycles. The van der Waals surface area contributed by atoms with E-state index >= 15 is 0 Å². The van der Waals surface area contributed by atoms with Crippen LogP contribution in [0.2, 0.25) is 0 Å². The number of carbonyl (C=O) groups excluding carboxylic acids is 2. The highest BCUT2D eigenvalue weighted by Crippen LogP contribution is 2.43. The molecule has 7 heteroatoms. The Hall–Kier alpha value is -2.72. The van der Waals surface area contributed by atoms with E-state index in [1.54, 1.807) is 12.1 Å². The van der Waals surface area contributed by atoms with Crippen molar-refractivity contribution in [2.75, 3.05) is 11.9 Å². The molecule has 2 aromatic rings. The zero-order valence-corrected chi connectivity index (χ0v) is 17.1. The summed E-state index contributed by atoms with van der Waals surface area (Å²) in [6.07, 6.45) is 4.29. The largest absolute Gasteiger partial charge is 0.451 e. The monoisotopic (exact) mass is 397 g/mol. The number of nitrogens with zero attached hydrogens (tertiary/aromatic N) is 2. The van der Waals surface area contributed by atoms with Gasteiger partial charge in [-0.15, -0.1) is 11.3 Å². The third-order valence-corrected chi connectivity index (χ3v) is 6.23. The standard InChI is InChI=1S/C21H23N3O3S/c1-21(2,3)13-7-8-14-15(11-22)19(28-17(14)10-13)24-18(25)12-27-20(26)16-6-4-5-9-23-16/h4-6,9,13H,7-8,10,12H2,1-3H3,(H,24,25)/t13-/m0/s1. The number of hydrogen-bond donors (Lipinski definition) is 1. The van der Waals surface area contributed by atoms with Crippen LogP contribution in [0.1, 0.15) is 53.7 Å². The Morgan fingerprint density at radius 1 is 1.39 bits per heavy atom.